The highest BCUT2D eigenvalue weighted by atomic mass is 32.2. The van der Waals surface area contributed by atoms with Gasteiger partial charge in [-0.05, 0) is 36.8 Å². The highest BCUT2D eigenvalue weighted by Gasteiger charge is 2.30. The number of aryl methyl sites for hydroxylation is 1. The van der Waals surface area contributed by atoms with Gasteiger partial charge in [0.15, 0.2) is 0 Å². The molecule has 1 N–H and O–H groups in total. The Morgan fingerprint density at radius 3 is 2.27 bits per heavy atom. The molecule has 178 valence electrons. The van der Waals surface area contributed by atoms with E-state index in [0.717, 1.165) is 11.6 Å². The van der Waals surface area contributed by atoms with E-state index in [2.05, 4.69) is 0 Å². The Labute approximate surface area is 193 Å². The third kappa shape index (κ3) is 4.93. The number of sulfonamides is 1. The van der Waals surface area contributed by atoms with Crippen LogP contribution in [0.1, 0.15) is 29.8 Å². The van der Waals surface area contributed by atoms with Crippen LogP contribution >= 0.6 is 0 Å². The first-order valence-electron chi connectivity index (χ1n) is 10.7. The number of phenols is 1. The quantitative estimate of drug-likeness (QED) is 0.481. The van der Waals surface area contributed by atoms with Gasteiger partial charge in [-0.1, -0.05) is 19.9 Å². The Morgan fingerprint density at radius 1 is 1.09 bits per heavy atom. The zero-order chi connectivity index (χ0) is 24.3. The fraction of sp³-hybridized carbons (Fsp3) is 0.409. The van der Waals surface area contributed by atoms with Gasteiger partial charge >= 0.3 is 0 Å². The SMILES string of the molecule is CCN(CC)S(=O)(=O)c1ccc(N2CCN(C(=O)c3ccc(C)cc3O)CC2)c([N+](=O)[O-])c1. The average molecular weight is 477 g/mol. The van der Waals surface area contributed by atoms with Crippen LogP contribution < -0.4 is 4.90 Å². The number of phenolic OH excluding ortho intramolecular Hbond substituents is 1. The minimum atomic E-state index is -3.83. The summed E-state index contributed by atoms with van der Waals surface area (Å²) >= 11 is 0. The number of piperazine rings is 1. The lowest BCUT2D eigenvalue weighted by Crippen LogP contribution is -2.49. The number of rotatable bonds is 7. The lowest BCUT2D eigenvalue weighted by atomic mass is 10.1. The molecule has 0 saturated carbocycles. The number of amides is 1. The normalized spacial score (nSPS) is 14.5. The second-order valence-electron chi connectivity index (χ2n) is 7.80. The van der Waals surface area contributed by atoms with Crippen molar-refractivity contribution in [2.24, 2.45) is 0 Å². The van der Waals surface area contributed by atoms with Gasteiger partial charge in [-0.25, -0.2) is 8.42 Å². The van der Waals surface area contributed by atoms with Crippen LogP contribution in [0.15, 0.2) is 41.3 Å². The largest absolute Gasteiger partial charge is 0.507 e. The molecule has 1 aliphatic heterocycles. The molecule has 3 rings (SSSR count). The van der Waals surface area contributed by atoms with E-state index >= 15 is 0 Å². The van der Waals surface area contributed by atoms with Gasteiger partial charge in [0.25, 0.3) is 11.6 Å². The minimum absolute atomic E-state index is 0.0805. The molecule has 33 heavy (non-hydrogen) atoms. The van der Waals surface area contributed by atoms with Crippen LogP contribution in [0.5, 0.6) is 5.75 Å². The molecular weight excluding hydrogens is 448 g/mol. The predicted octanol–water partition coefficient (Wildman–Crippen LogP) is 2.60. The number of nitro benzene ring substituents is 1. The summed E-state index contributed by atoms with van der Waals surface area (Å²) in [5.74, 6) is -0.384. The van der Waals surface area contributed by atoms with Crippen molar-refractivity contribution in [3.63, 3.8) is 0 Å². The van der Waals surface area contributed by atoms with Crippen LogP contribution in [0, 0.1) is 17.0 Å². The van der Waals surface area contributed by atoms with E-state index in [9.17, 15) is 28.4 Å². The van der Waals surface area contributed by atoms with Gasteiger partial charge in [-0.2, -0.15) is 4.31 Å². The second-order valence-corrected chi connectivity index (χ2v) is 9.73. The van der Waals surface area contributed by atoms with Crippen molar-refractivity contribution in [1.29, 1.82) is 0 Å². The molecular formula is C22H28N4O6S. The summed E-state index contributed by atoms with van der Waals surface area (Å²) in [4.78, 5) is 27.2. The van der Waals surface area contributed by atoms with Gasteiger partial charge in [0.1, 0.15) is 11.4 Å². The third-order valence-corrected chi connectivity index (χ3v) is 7.82. The zero-order valence-corrected chi connectivity index (χ0v) is 19.7. The number of aromatic hydroxyl groups is 1. The molecule has 2 aromatic carbocycles. The van der Waals surface area contributed by atoms with E-state index in [-0.39, 0.29) is 40.9 Å². The summed E-state index contributed by atoms with van der Waals surface area (Å²) in [5, 5.41) is 21.9. The van der Waals surface area contributed by atoms with E-state index in [0.29, 0.717) is 31.9 Å². The molecule has 0 atom stereocenters. The summed E-state index contributed by atoms with van der Waals surface area (Å²) in [6.07, 6.45) is 0. The van der Waals surface area contributed by atoms with Gasteiger partial charge in [0.05, 0.1) is 15.4 Å². The van der Waals surface area contributed by atoms with E-state index in [1.54, 1.807) is 35.8 Å². The van der Waals surface area contributed by atoms with E-state index < -0.39 is 14.9 Å². The van der Waals surface area contributed by atoms with Crippen LogP contribution in [0.25, 0.3) is 0 Å². The first-order chi connectivity index (χ1) is 15.6. The van der Waals surface area contributed by atoms with Crippen molar-refractivity contribution in [1.82, 2.24) is 9.21 Å². The number of nitrogens with zero attached hydrogens (tertiary/aromatic N) is 4. The molecule has 1 heterocycles. The summed E-state index contributed by atoms with van der Waals surface area (Å²) in [6.45, 7) is 7.05. The van der Waals surface area contributed by atoms with E-state index in [4.69, 9.17) is 0 Å². The maximum absolute atomic E-state index is 12.8. The van der Waals surface area contributed by atoms with Crippen molar-refractivity contribution in [3.05, 3.63) is 57.6 Å². The molecule has 1 fully saturated rings. The second kappa shape index (κ2) is 9.75. The summed E-state index contributed by atoms with van der Waals surface area (Å²) in [6, 6.07) is 8.81. The average Bonchev–Trinajstić information content (AvgIpc) is 2.79. The van der Waals surface area contributed by atoms with Gasteiger partial charge in [-0.15, -0.1) is 0 Å². The maximum atomic E-state index is 12.8. The Balaban J connectivity index is 1.81. The highest BCUT2D eigenvalue weighted by molar-refractivity contribution is 7.89. The van der Waals surface area contributed by atoms with Gasteiger partial charge < -0.3 is 14.9 Å². The van der Waals surface area contributed by atoms with Gasteiger partial charge in [-0.3, -0.25) is 14.9 Å². The first kappa shape index (κ1) is 24.5. The Bertz CT molecular complexity index is 1160. The maximum Gasteiger partial charge on any atom is 0.293 e. The monoisotopic (exact) mass is 476 g/mol. The molecule has 10 nitrogen and oxygen atoms in total. The minimum Gasteiger partial charge on any atom is -0.507 e. The standard InChI is InChI=1S/C22H28N4O6S/c1-4-25(5-2)33(31,32)17-7-9-19(20(15-17)26(29)30)23-10-12-24(13-11-23)22(28)18-8-6-16(3)14-21(18)27/h6-9,14-15,27H,4-5,10-13H2,1-3H3. The number of nitro groups is 1. The number of hydrogen-bond donors (Lipinski definition) is 1. The smallest absolute Gasteiger partial charge is 0.293 e. The molecule has 0 aliphatic carbocycles. The van der Waals surface area contributed by atoms with Crippen molar-refractivity contribution in [2.75, 3.05) is 44.2 Å². The van der Waals surface area contributed by atoms with Crippen LogP contribution in [0.4, 0.5) is 11.4 Å². The molecule has 1 aliphatic rings. The molecule has 2 aromatic rings. The van der Waals surface area contributed by atoms with Crippen LogP contribution in [-0.2, 0) is 10.0 Å². The van der Waals surface area contributed by atoms with Gasteiger partial charge in [0, 0.05) is 45.3 Å². The fourth-order valence-corrected chi connectivity index (χ4v) is 5.41. The molecule has 0 aromatic heterocycles. The molecule has 1 amide bonds. The molecule has 0 unspecified atom stereocenters. The fourth-order valence-electron chi connectivity index (χ4n) is 3.93. The van der Waals surface area contributed by atoms with Crippen LogP contribution in [0.2, 0.25) is 0 Å². The highest BCUT2D eigenvalue weighted by Crippen LogP contribution is 2.33. The molecule has 0 bridgehead atoms. The number of benzene rings is 2. The third-order valence-electron chi connectivity index (χ3n) is 5.78. The van der Waals surface area contributed by atoms with E-state index in [1.165, 1.54) is 22.5 Å². The topological polar surface area (TPSA) is 124 Å². The van der Waals surface area contributed by atoms with Crippen LogP contribution in [-0.4, -0.2) is 72.8 Å². The number of carbonyl (C=O) groups excluding carboxylic acids is 1. The van der Waals surface area contributed by atoms with Crippen LogP contribution in [0.3, 0.4) is 0 Å². The summed E-state index contributed by atoms with van der Waals surface area (Å²) < 4.78 is 26.8. The summed E-state index contributed by atoms with van der Waals surface area (Å²) in [7, 11) is -3.83. The zero-order valence-electron chi connectivity index (χ0n) is 18.9. The Morgan fingerprint density at radius 2 is 1.73 bits per heavy atom. The van der Waals surface area contributed by atoms with E-state index in [1.807, 2.05) is 6.92 Å². The van der Waals surface area contributed by atoms with Crippen molar-refractivity contribution in [2.45, 2.75) is 25.7 Å². The lowest BCUT2D eigenvalue weighted by molar-refractivity contribution is -0.384. The van der Waals surface area contributed by atoms with Crippen molar-refractivity contribution < 1.29 is 23.2 Å². The number of anilines is 1. The molecule has 0 spiro atoms. The Kier molecular flexibility index (Phi) is 7.23. The molecule has 0 radical (unpaired) electrons. The van der Waals surface area contributed by atoms with Crippen molar-refractivity contribution >= 4 is 27.3 Å². The first-order valence-corrected chi connectivity index (χ1v) is 12.2. The predicted molar refractivity (Wildman–Crippen MR) is 124 cm³/mol. The van der Waals surface area contributed by atoms with Crippen molar-refractivity contribution in [3.8, 4) is 5.75 Å². The molecule has 11 heteroatoms. The van der Waals surface area contributed by atoms with Gasteiger partial charge in [0.2, 0.25) is 10.0 Å². The lowest BCUT2D eigenvalue weighted by Gasteiger charge is -2.36. The number of carbonyl (C=O) groups is 1. The number of hydrogen-bond acceptors (Lipinski definition) is 7. The molecule has 1 saturated heterocycles. The Hall–Kier alpha value is -3.18. The summed E-state index contributed by atoms with van der Waals surface area (Å²) in [5.41, 5.74) is 1.07.